The zero-order valence-corrected chi connectivity index (χ0v) is 30.6. The van der Waals surface area contributed by atoms with Gasteiger partial charge in [0.1, 0.15) is 0 Å². The van der Waals surface area contributed by atoms with Gasteiger partial charge in [0, 0.05) is 23.9 Å². The minimum Gasteiger partial charge on any atom is -0.497 e. The van der Waals surface area contributed by atoms with Crippen LogP contribution >= 0.6 is 0 Å². The monoisotopic (exact) mass is 887 g/mol. The molecule has 8 aromatic rings. The molecule has 0 aliphatic heterocycles. The topological polar surface area (TPSA) is 35.0 Å². The fourth-order valence-electron chi connectivity index (χ4n) is 7.05. The van der Waals surface area contributed by atoms with E-state index in [0.29, 0.717) is 28.3 Å². The smallest absolute Gasteiger partial charge is 0.497 e. The summed E-state index contributed by atoms with van der Waals surface area (Å²) in [6.45, 7) is 0. The van der Waals surface area contributed by atoms with E-state index in [-0.39, 0.29) is 26.6 Å². The van der Waals surface area contributed by atoms with Crippen molar-refractivity contribution in [2.24, 2.45) is 0 Å². The third-order valence-corrected chi connectivity index (χ3v) is 9.46. The van der Waals surface area contributed by atoms with Gasteiger partial charge in [-0.1, -0.05) is 115 Å². The Morgan fingerprint density at radius 1 is 0.444 bits per heavy atom. The average molecular weight is 888 g/mol. The van der Waals surface area contributed by atoms with Crippen molar-refractivity contribution in [3.8, 4) is 89.6 Å². The van der Waals surface area contributed by atoms with E-state index in [2.05, 4.69) is 52.4 Å². The number of halogens is 3. The van der Waals surface area contributed by atoms with Gasteiger partial charge in [-0.15, -0.1) is 47.5 Å². The first-order valence-corrected chi connectivity index (χ1v) is 17.1. The van der Waals surface area contributed by atoms with Gasteiger partial charge in [0.15, 0.2) is 0 Å². The van der Waals surface area contributed by atoms with Crippen LogP contribution in [0.4, 0.5) is 13.2 Å². The number of ether oxygens (including phenoxy) is 1. The van der Waals surface area contributed by atoms with Gasteiger partial charge in [-0.25, -0.2) is 0 Å². The molecule has 7 heteroatoms. The molecular weight excluding hydrogens is 861 g/mol. The number of rotatable bonds is 5. The van der Waals surface area contributed by atoms with Gasteiger partial charge in [-0.3, -0.25) is 0 Å². The van der Waals surface area contributed by atoms with Gasteiger partial charge < -0.3 is 14.7 Å². The number of hydrogen-bond donors (Lipinski definition) is 0. The van der Waals surface area contributed by atoms with E-state index < -0.39 is 11.7 Å². The molecular formula is C47H27F3N2OPt. The Balaban J connectivity index is 0.00000413. The number of alkyl halides is 3. The summed E-state index contributed by atoms with van der Waals surface area (Å²) in [5.74, 6) is 0.824. The summed E-state index contributed by atoms with van der Waals surface area (Å²) in [5.41, 5.74) is 9.94. The number of aromatic nitrogens is 2. The molecule has 6 aromatic carbocycles. The molecule has 0 fully saturated rings. The molecule has 2 aromatic heterocycles. The third kappa shape index (κ3) is 6.54. The van der Waals surface area contributed by atoms with Crippen LogP contribution in [-0.4, -0.2) is 9.97 Å². The van der Waals surface area contributed by atoms with E-state index in [1.54, 1.807) is 36.5 Å². The van der Waals surface area contributed by atoms with Crippen LogP contribution in [0.25, 0.3) is 78.1 Å². The summed E-state index contributed by atoms with van der Waals surface area (Å²) in [6, 6.07) is 54.4. The molecule has 0 N–H and O–H groups in total. The van der Waals surface area contributed by atoms with Crippen LogP contribution < -0.4 is 4.74 Å². The molecule has 1 aliphatic rings. The second-order valence-electron chi connectivity index (χ2n) is 12.7. The van der Waals surface area contributed by atoms with Crippen molar-refractivity contribution in [3.05, 3.63) is 182 Å². The van der Waals surface area contributed by atoms with Crippen LogP contribution in [0.5, 0.6) is 11.5 Å². The summed E-state index contributed by atoms with van der Waals surface area (Å²) in [4.78, 5) is 8.67. The van der Waals surface area contributed by atoms with Crippen molar-refractivity contribution in [2.75, 3.05) is 0 Å². The summed E-state index contributed by atoms with van der Waals surface area (Å²) in [5, 5.41) is 0. The summed E-state index contributed by atoms with van der Waals surface area (Å²) < 4.78 is 50.3. The summed E-state index contributed by atoms with van der Waals surface area (Å²) >= 11 is 0. The molecule has 2 heterocycles. The van der Waals surface area contributed by atoms with Crippen molar-refractivity contribution in [2.45, 2.75) is 6.18 Å². The van der Waals surface area contributed by atoms with Gasteiger partial charge in [-0.2, -0.15) is 13.2 Å². The van der Waals surface area contributed by atoms with Gasteiger partial charge in [-0.05, 0) is 79.2 Å². The number of pyridine rings is 2. The first-order chi connectivity index (χ1) is 25.9. The molecule has 0 bridgehead atoms. The predicted octanol–water partition coefficient (Wildman–Crippen LogP) is 12.9. The molecule has 0 atom stereocenters. The fourth-order valence-corrected chi connectivity index (χ4v) is 7.05. The zero-order chi connectivity index (χ0) is 35.9. The Hall–Kier alpha value is -6.10. The van der Waals surface area contributed by atoms with Gasteiger partial charge in [0.2, 0.25) is 0 Å². The molecule has 0 spiro atoms. The molecule has 0 saturated carbocycles. The van der Waals surface area contributed by atoms with Gasteiger partial charge in [0.05, 0.1) is 5.56 Å². The Kier molecular flexibility index (Phi) is 9.31. The Morgan fingerprint density at radius 2 is 0.944 bits per heavy atom. The summed E-state index contributed by atoms with van der Waals surface area (Å²) in [7, 11) is 0. The number of hydrogen-bond acceptors (Lipinski definition) is 3. The van der Waals surface area contributed by atoms with Gasteiger partial charge >= 0.3 is 27.2 Å². The van der Waals surface area contributed by atoms with E-state index in [9.17, 15) is 13.2 Å². The molecule has 0 amide bonds. The minimum atomic E-state index is -4.64. The number of fused-ring (bicyclic) bond motifs is 8. The fraction of sp³-hybridized carbons (Fsp3) is 0.0213. The van der Waals surface area contributed by atoms with Crippen LogP contribution in [-0.2, 0) is 27.2 Å². The molecule has 0 radical (unpaired) electrons. The van der Waals surface area contributed by atoms with Crippen LogP contribution in [0.15, 0.2) is 164 Å². The maximum Gasteiger partial charge on any atom is 2.00 e. The summed E-state index contributed by atoms with van der Waals surface area (Å²) in [6.07, 6.45) is -2.02. The maximum atomic E-state index is 14.7. The molecule has 3 nitrogen and oxygen atoms in total. The molecule has 9 rings (SSSR count). The quantitative estimate of drug-likeness (QED) is 0.162. The molecule has 0 saturated heterocycles. The standard InChI is InChI=1S/C47H27F3N2O.Pt/c48-47(49,50)44-29-52-46(32-12-10-14-34(26-32)53-33-13-9-11-31(25-33)45-21-7-8-24-51-45)28-42(44)30-22-23-41-39-19-4-3-17-37(39)35-15-1-2-16-36(35)38-18-5-6-20-40(38)43(41)27-30;/h1-24,27-29H;/q-2;+2. The maximum absolute atomic E-state index is 14.7. The van der Waals surface area contributed by atoms with E-state index in [1.807, 2.05) is 84.9 Å². The van der Waals surface area contributed by atoms with Crippen LogP contribution in [0.1, 0.15) is 5.56 Å². The molecule has 54 heavy (non-hydrogen) atoms. The first kappa shape index (κ1) is 35.0. The second kappa shape index (κ2) is 14.4. The van der Waals surface area contributed by atoms with E-state index in [1.165, 1.54) is 6.07 Å². The van der Waals surface area contributed by atoms with Crippen molar-refractivity contribution in [3.63, 3.8) is 0 Å². The second-order valence-corrected chi connectivity index (χ2v) is 12.7. The first-order valence-electron chi connectivity index (χ1n) is 17.1. The average Bonchev–Trinajstić information content (AvgIpc) is 3.20. The molecule has 0 unspecified atom stereocenters. The Labute approximate surface area is 325 Å². The van der Waals surface area contributed by atoms with Crippen LogP contribution in [0.3, 0.4) is 0 Å². The molecule has 262 valence electrons. The Morgan fingerprint density at radius 3 is 1.46 bits per heavy atom. The number of nitrogens with zero attached hydrogens (tertiary/aromatic N) is 2. The van der Waals surface area contributed by atoms with Gasteiger partial charge in [0.25, 0.3) is 0 Å². The zero-order valence-electron chi connectivity index (χ0n) is 28.3. The minimum absolute atomic E-state index is 0. The van der Waals surface area contributed by atoms with Crippen molar-refractivity contribution in [1.29, 1.82) is 0 Å². The predicted molar refractivity (Wildman–Crippen MR) is 203 cm³/mol. The molecule has 1 aliphatic carbocycles. The van der Waals surface area contributed by atoms with Crippen LogP contribution in [0.2, 0.25) is 0 Å². The van der Waals surface area contributed by atoms with Crippen molar-refractivity contribution >= 4 is 0 Å². The van der Waals surface area contributed by atoms with Crippen molar-refractivity contribution in [1.82, 2.24) is 9.97 Å². The van der Waals surface area contributed by atoms with E-state index >= 15 is 0 Å². The normalized spacial score (nSPS) is 11.5. The Bertz CT molecular complexity index is 2650. The van der Waals surface area contributed by atoms with E-state index in [4.69, 9.17) is 4.74 Å². The van der Waals surface area contributed by atoms with E-state index in [0.717, 1.165) is 62.0 Å². The van der Waals surface area contributed by atoms with Crippen molar-refractivity contribution < 1.29 is 39.0 Å². The number of benzene rings is 6. The largest absolute Gasteiger partial charge is 2.00 e. The SMILES string of the molecule is FC(F)(F)c1cnc(-c2[c-]c(Oc3[c-]c(-c4ccccn4)ccc3)ccc2)cc1-c1ccc2c(c1)-c1ccccc1-c1ccccc1-c1ccccc1-2.[Pt+2]. The van der Waals surface area contributed by atoms with Crippen LogP contribution in [0, 0.1) is 12.1 Å². The third-order valence-electron chi connectivity index (χ3n) is 9.46.